The zero-order valence-electron chi connectivity index (χ0n) is 15.5. The van der Waals surface area contributed by atoms with Crippen LogP contribution in [-0.2, 0) is 13.1 Å². The van der Waals surface area contributed by atoms with E-state index in [9.17, 15) is 8.78 Å². The zero-order valence-corrected chi connectivity index (χ0v) is 15.5. The Morgan fingerprint density at radius 3 is 2.86 bits per heavy atom. The van der Waals surface area contributed by atoms with Crippen LogP contribution in [0.3, 0.4) is 0 Å². The van der Waals surface area contributed by atoms with Crippen LogP contribution in [0.1, 0.15) is 18.9 Å². The molecule has 0 fully saturated rings. The fraction of sp³-hybridized carbons (Fsp3) is 0.444. The number of hydrogen-bond acceptors (Lipinski definition) is 5. The number of fused-ring (bicyclic) bond motifs is 1. The Morgan fingerprint density at radius 1 is 1.32 bits per heavy atom. The van der Waals surface area contributed by atoms with Gasteiger partial charge in [0, 0.05) is 43.7 Å². The number of halogens is 2. The van der Waals surface area contributed by atoms with Gasteiger partial charge in [0.2, 0.25) is 6.79 Å². The van der Waals surface area contributed by atoms with E-state index < -0.39 is 6.61 Å². The fourth-order valence-corrected chi connectivity index (χ4v) is 2.68. The molecule has 1 aliphatic rings. The number of alkyl halides is 2. The molecule has 10 heteroatoms. The molecule has 8 nitrogen and oxygen atoms in total. The van der Waals surface area contributed by atoms with Gasteiger partial charge >= 0.3 is 6.61 Å². The fourth-order valence-electron chi connectivity index (χ4n) is 2.68. The number of rotatable bonds is 9. The molecule has 3 rings (SSSR count). The second-order valence-corrected chi connectivity index (χ2v) is 5.94. The van der Waals surface area contributed by atoms with Crippen LogP contribution in [0.5, 0.6) is 17.2 Å². The van der Waals surface area contributed by atoms with Crippen molar-refractivity contribution in [3.05, 3.63) is 36.2 Å². The summed E-state index contributed by atoms with van der Waals surface area (Å²) in [6.45, 7) is 1.36. The molecular formula is C18H23F2N5O3. The molecule has 152 valence electrons. The molecule has 0 saturated heterocycles. The third-order valence-corrected chi connectivity index (χ3v) is 3.94. The predicted molar refractivity (Wildman–Crippen MR) is 98.9 cm³/mol. The van der Waals surface area contributed by atoms with Gasteiger partial charge in [-0.15, -0.1) is 0 Å². The van der Waals surface area contributed by atoms with E-state index in [1.165, 1.54) is 6.07 Å². The van der Waals surface area contributed by atoms with Crippen LogP contribution in [-0.4, -0.2) is 42.2 Å². The quantitative estimate of drug-likeness (QED) is 0.385. The maximum atomic E-state index is 12.7. The highest BCUT2D eigenvalue weighted by Gasteiger charge is 2.20. The molecule has 1 aromatic heterocycles. The molecule has 0 radical (unpaired) electrons. The van der Waals surface area contributed by atoms with Gasteiger partial charge in [-0.25, -0.2) is 4.99 Å². The Bertz CT molecular complexity index is 784. The topological polar surface area (TPSA) is 81.9 Å². The molecule has 0 spiro atoms. The van der Waals surface area contributed by atoms with Crippen LogP contribution in [0.15, 0.2) is 35.6 Å². The molecule has 0 unspecified atom stereocenters. The molecule has 2 N–H and O–H groups in total. The van der Waals surface area contributed by atoms with Crippen molar-refractivity contribution >= 4 is 5.96 Å². The molecule has 0 atom stereocenters. The highest BCUT2D eigenvalue weighted by Crippen LogP contribution is 2.38. The predicted octanol–water partition coefficient (Wildman–Crippen LogP) is 2.36. The van der Waals surface area contributed by atoms with Crippen LogP contribution < -0.4 is 24.8 Å². The summed E-state index contributed by atoms with van der Waals surface area (Å²) in [6.07, 6.45) is 4.50. The van der Waals surface area contributed by atoms with Crippen molar-refractivity contribution in [3.63, 3.8) is 0 Å². The summed E-state index contributed by atoms with van der Waals surface area (Å²) >= 11 is 0. The molecular weight excluding hydrogens is 372 g/mol. The summed E-state index contributed by atoms with van der Waals surface area (Å²) in [5.74, 6) is 1.48. The second-order valence-electron chi connectivity index (χ2n) is 5.94. The van der Waals surface area contributed by atoms with Gasteiger partial charge in [-0.05, 0) is 25.5 Å². The molecule has 0 saturated carbocycles. The Labute approximate surface area is 161 Å². The number of aryl methyl sites for hydroxylation is 1. The molecule has 2 aromatic rings. The van der Waals surface area contributed by atoms with Crippen molar-refractivity contribution in [3.8, 4) is 17.2 Å². The number of guanidine groups is 1. The minimum Gasteiger partial charge on any atom is -0.454 e. The van der Waals surface area contributed by atoms with E-state index in [0.717, 1.165) is 13.0 Å². The largest absolute Gasteiger partial charge is 0.454 e. The lowest BCUT2D eigenvalue weighted by atomic mass is 10.1. The minimum absolute atomic E-state index is 0.0255. The van der Waals surface area contributed by atoms with E-state index in [4.69, 9.17) is 9.47 Å². The van der Waals surface area contributed by atoms with Gasteiger partial charge in [0.25, 0.3) is 0 Å². The van der Waals surface area contributed by atoms with E-state index in [0.29, 0.717) is 36.1 Å². The molecule has 2 heterocycles. The first-order chi connectivity index (χ1) is 13.7. The SMILES string of the molecule is CCNC(=NCc1cc2c(cc1OC(F)F)OCO2)NCCCn1cccn1. The average molecular weight is 395 g/mol. The van der Waals surface area contributed by atoms with Crippen LogP contribution in [0.2, 0.25) is 0 Å². The maximum Gasteiger partial charge on any atom is 0.387 e. The minimum atomic E-state index is -2.93. The lowest BCUT2D eigenvalue weighted by molar-refractivity contribution is -0.0505. The highest BCUT2D eigenvalue weighted by atomic mass is 19.3. The zero-order chi connectivity index (χ0) is 19.8. The molecule has 1 aromatic carbocycles. The number of aromatic nitrogens is 2. The first kappa shape index (κ1) is 19.7. The van der Waals surface area contributed by atoms with Gasteiger partial charge < -0.3 is 24.8 Å². The molecule has 1 aliphatic heterocycles. The maximum absolute atomic E-state index is 12.7. The van der Waals surface area contributed by atoms with Gasteiger partial charge in [0.1, 0.15) is 5.75 Å². The standard InChI is InChI=1S/C18H23F2N5O3/c1-2-21-18(22-5-3-7-25-8-4-6-24-25)23-11-13-9-15-16(27-12-26-15)10-14(13)28-17(19)20/h4,6,8-10,17H,2-3,5,7,11-12H2,1H3,(H2,21,22,23). The Morgan fingerprint density at radius 2 is 2.14 bits per heavy atom. The second kappa shape index (κ2) is 9.77. The van der Waals surface area contributed by atoms with Crippen molar-refractivity contribution in [2.45, 2.75) is 33.0 Å². The third kappa shape index (κ3) is 5.48. The van der Waals surface area contributed by atoms with Crippen molar-refractivity contribution in [1.29, 1.82) is 0 Å². The number of nitrogens with one attached hydrogen (secondary N) is 2. The van der Waals surface area contributed by atoms with Gasteiger partial charge in [-0.3, -0.25) is 4.68 Å². The average Bonchev–Trinajstić information content (AvgIpc) is 3.33. The number of benzene rings is 1. The summed E-state index contributed by atoms with van der Waals surface area (Å²) in [6, 6.07) is 4.90. The van der Waals surface area contributed by atoms with Gasteiger partial charge in [-0.2, -0.15) is 13.9 Å². The van der Waals surface area contributed by atoms with Crippen LogP contribution in [0.25, 0.3) is 0 Å². The van der Waals surface area contributed by atoms with Crippen molar-refractivity contribution < 1.29 is 23.0 Å². The highest BCUT2D eigenvalue weighted by molar-refractivity contribution is 5.79. The Kier molecular flexibility index (Phi) is 6.88. The van der Waals surface area contributed by atoms with E-state index in [1.54, 1.807) is 12.3 Å². The van der Waals surface area contributed by atoms with Gasteiger partial charge in [0.15, 0.2) is 17.5 Å². The van der Waals surface area contributed by atoms with Crippen LogP contribution in [0.4, 0.5) is 8.78 Å². The number of hydrogen-bond donors (Lipinski definition) is 2. The molecule has 0 amide bonds. The van der Waals surface area contributed by atoms with Crippen LogP contribution >= 0.6 is 0 Å². The summed E-state index contributed by atoms with van der Waals surface area (Å²) in [5, 5.41) is 10.5. The number of nitrogens with zero attached hydrogens (tertiary/aromatic N) is 3. The van der Waals surface area contributed by atoms with E-state index in [1.807, 2.05) is 23.9 Å². The van der Waals surface area contributed by atoms with E-state index >= 15 is 0 Å². The smallest absolute Gasteiger partial charge is 0.387 e. The number of aliphatic imine (C=N–C) groups is 1. The molecule has 28 heavy (non-hydrogen) atoms. The first-order valence-corrected chi connectivity index (χ1v) is 9.02. The molecule has 0 aliphatic carbocycles. The van der Waals surface area contributed by atoms with E-state index in [2.05, 4.69) is 25.5 Å². The lowest BCUT2D eigenvalue weighted by Crippen LogP contribution is -2.38. The van der Waals surface area contributed by atoms with E-state index in [-0.39, 0.29) is 19.1 Å². The monoisotopic (exact) mass is 395 g/mol. The van der Waals surface area contributed by atoms with Gasteiger partial charge in [-0.1, -0.05) is 0 Å². The number of ether oxygens (including phenoxy) is 3. The summed E-state index contributed by atoms with van der Waals surface area (Å²) in [4.78, 5) is 4.46. The van der Waals surface area contributed by atoms with Crippen LogP contribution in [0, 0.1) is 0 Å². The summed E-state index contributed by atoms with van der Waals surface area (Å²) < 4.78 is 42.5. The summed E-state index contributed by atoms with van der Waals surface area (Å²) in [5.41, 5.74) is 0.485. The Balaban J connectivity index is 1.62. The van der Waals surface area contributed by atoms with Gasteiger partial charge in [0.05, 0.1) is 6.54 Å². The normalized spacial score (nSPS) is 13.1. The van der Waals surface area contributed by atoms with Crippen molar-refractivity contribution in [2.75, 3.05) is 19.9 Å². The Hall–Kier alpha value is -3.04. The summed E-state index contributed by atoms with van der Waals surface area (Å²) in [7, 11) is 0. The van der Waals surface area contributed by atoms with Crippen molar-refractivity contribution in [2.24, 2.45) is 4.99 Å². The first-order valence-electron chi connectivity index (χ1n) is 9.02. The molecule has 0 bridgehead atoms. The third-order valence-electron chi connectivity index (χ3n) is 3.94. The lowest BCUT2D eigenvalue weighted by Gasteiger charge is -2.13. The van der Waals surface area contributed by atoms with Crippen molar-refractivity contribution in [1.82, 2.24) is 20.4 Å².